The second kappa shape index (κ2) is 10.3. The first-order chi connectivity index (χ1) is 11.7. The van der Waals surface area contributed by atoms with Crippen LogP contribution in [0, 0.1) is 11.8 Å². The van der Waals surface area contributed by atoms with E-state index in [9.17, 15) is 14.4 Å². The van der Waals surface area contributed by atoms with Crippen LogP contribution in [0.1, 0.15) is 53.4 Å². The van der Waals surface area contributed by atoms with Crippen molar-refractivity contribution in [3.8, 4) is 0 Å². The van der Waals surface area contributed by atoms with Crippen LogP contribution >= 0.6 is 0 Å². The van der Waals surface area contributed by atoms with Gasteiger partial charge < -0.3 is 20.2 Å². The van der Waals surface area contributed by atoms with E-state index in [2.05, 4.69) is 5.32 Å². The number of rotatable bonds is 8. The average Bonchev–Trinajstić information content (AvgIpc) is 2.56. The number of carboxylic acid groups (broad SMARTS) is 1. The summed E-state index contributed by atoms with van der Waals surface area (Å²) in [6, 6.07) is -0.173. The maximum absolute atomic E-state index is 12.6. The molecule has 0 aromatic heterocycles. The highest BCUT2D eigenvalue weighted by Crippen LogP contribution is 2.21. The van der Waals surface area contributed by atoms with Crippen LogP contribution in [0.2, 0.25) is 0 Å². The summed E-state index contributed by atoms with van der Waals surface area (Å²) in [5, 5.41) is 12.0. The number of nitrogens with one attached hydrogen (secondary N) is 1. The Hall–Kier alpha value is -1.79. The topological polar surface area (TPSA) is 90.0 Å². The molecule has 1 fully saturated rings. The molecule has 0 spiro atoms. The van der Waals surface area contributed by atoms with Crippen molar-refractivity contribution in [3.05, 3.63) is 0 Å². The van der Waals surface area contributed by atoms with Gasteiger partial charge in [0.2, 0.25) is 5.91 Å². The first-order valence-electron chi connectivity index (χ1n) is 9.28. The number of carbonyl (C=O) groups is 3. The van der Waals surface area contributed by atoms with Crippen LogP contribution in [0.5, 0.6) is 0 Å². The van der Waals surface area contributed by atoms with E-state index in [1.807, 2.05) is 27.7 Å². The zero-order valence-corrected chi connectivity index (χ0v) is 16.0. The van der Waals surface area contributed by atoms with E-state index in [1.165, 1.54) is 4.90 Å². The summed E-state index contributed by atoms with van der Waals surface area (Å²) in [5.74, 6) is -0.643. The van der Waals surface area contributed by atoms with Crippen molar-refractivity contribution >= 4 is 17.9 Å². The Morgan fingerprint density at radius 2 is 1.96 bits per heavy atom. The minimum Gasteiger partial charge on any atom is -0.480 e. The first kappa shape index (κ1) is 21.3. The van der Waals surface area contributed by atoms with Crippen LogP contribution in [0.4, 0.5) is 4.79 Å². The smallest absolute Gasteiger partial charge is 0.323 e. The lowest BCUT2D eigenvalue weighted by atomic mass is 9.94. The van der Waals surface area contributed by atoms with Crippen molar-refractivity contribution in [1.29, 1.82) is 0 Å². The van der Waals surface area contributed by atoms with Crippen molar-refractivity contribution in [2.75, 3.05) is 26.2 Å². The summed E-state index contributed by atoms with van der Waals surface area (Å²) in [6.45, 7) is 9.53. The zero-order chi connectivity index (χ0) is 19.0. The van der Waals surface area contributed by atoms with Gasteiger partial charge in [-0.05, 0) is 38.0 Å². The van der Waals surface area contributed by atoms with Crippen LogP contribution in [0.15, 0.2) is 0 Å². The molecule has 7 heteroatoms. The molecule has 1 heterocycles. The van der Waals surface area contributed by atoms with E-state index in [0.29, 0.717) is 38.4 Å². The lowest BCUT2D eigenvalue weighted by Crippen LogP contribution is -2.48. The van der Waals surface area contributed by atoms with Crippen LogP contribution in [-0.4, -0.2) is 65.0 Å². The Bertz CT molecular complexity index is 467. The van der Waals surface area contributed by atoms with E-state index in [1.54, 1.807) is 4.90 Å². The molecular formula is C18H33N3O4. The standard InChI is InChI=1S/C18H33N3O4/c1-5-14(4)21(12-17(23)24)16(22)9-15-7-6-8-20(11-15)18(25)19-10-13(2)3/h13-15H,5-12H2,1-4H3,(H,19,25)(H,23,24). The Morgan fingerprint density at radius 3 is 2.52 bits per heavy atom. The number of likely N-dealkylation sites (tertiary alicyclic amines) is 1. The number of hydrogen-bond donors (Lipinski definition) is 2. The molecule has 1 rings (SSSR count). The fourth-order valence-electron chi connectivity index (χ4n) is 3.04. The van der Waals surface area contributed by atoms with Gasteiger partial charge in [0.15, 0.2) is 0 Å². The van der Waals surface area contributed by atoms with E-state index in [4.69, 9.17) is 5.11 Å². The fourth-order valence-corrected chi connectivity index (χ4v) is 3.04. The number of amides is 3. The summed E-state index contributed by atoms with van der Waals surface area (Å²) in [7, 11) is 0. The largest absolute Gasteiger partial charge is 0.480 e. The normalized spacial score (nSPS) is 18.8. The molecule has 1 saturated heterocycles. The van der Waals surface area contributed by atoms with Gasteiger partial charge in [0.1, 0.15) is 6.54 Å². The van der Waals surface area contributed by atoms with Gasteiger partial charge in [-0.25, -0.2) is 4.79 Å². The van der Waals surface area contributed by atoms with Crippen molar-refractivity contribution in [2.45, 2.75) is 59.4 Å². The van der Waals surface area contributed by atoms with Gasteiger partial charge in [-0.15, -0.1) is 0 Å². The predicted molar refractivity (Wildman–Crippen MR) is 96.3 cm³/mol. The number of piperidine rings is 1. The molecule has 0 aliphatic carbocycles. The van der Waals surface area contributed by atoms with Gasteiger partial charge in [0, 0.05) is 32.1 Å². The third kappa shape index (κ3) is 7.32. The number of hydrogen-bond acceptors (Lipinski definition) is 3. The summed E-state index contributed by atoms with van der Waals surface area (Å²) in [5.41, 5.74) is 0. The van der Waals surface area contributed by atoms with Gasteiger partial charge in [0.25, 0.3) is 0 Å². The molecule has 1 aliphatic heterocycles. The summed E-state index contributed by atoms with van der Waals surface area (Å²) in [4.78, 5) is 39.0. The SMILES string of the molecule is CCC(C)N(CC(=O)O)C(=O)CC1CCCN(C(=O)NCC(C)C)C1. The molecule has 1 aliphatic rings. The second-order valence-corrected chi connectivity index (χ2v) is 7.41. The van der Waals surface area contributed by atoms with Crippen LogP contribution in [-0.2, 0) is 9.59 Å². The molecule has 144 valence electrons. The van der Waals surface area contributed by atoms with Gasteiger partial charge in [-0.3, -0.25) is 9.59 Å². The van der Waals surface area contributed by atoms with Gasteiger partial charge in [-0.2, -0.15) is 0 Å². The Labute approximate surface area is 150 Å². The molecule has 0 bridgehead atoms. The molecule has 2 atom stereocenters. The third-order valence-electron chi connectivity index (χ3n) is 4.68. The van der Waals surface area contributed by atoms with Crippen molar-refractivity contribution in [2.24, 2.45) is 11.8 Å². The van der Waals surface area contributed by atoms with Crippen molar-refractivity contribution in [3.63, 3.8) is 0 Å². The fraction of sp³-hybridized carbons (Fsp3) is 0.833. The highest BCUT2D eigenvalue weighted by Gasteiger charge is 2.29. The first-order valence-corrected chi connectivity index (χ1v) is 9.28. The maximum Gasteiger partial charge on any atom is 0.323 e. The average molecular weight is 355 g/mol. The summed E-state index contributed by atoms with van der Waals surface area (Å²) >= 11 is 0. The minimum atomic E-state index is -0.994. The number of urea groups is 1. The third-order valence-corrected chi connectivity index (χ3v) is 4.68. The molecule has 0 saturated carbocycles. The molecule has 7 nitrogen and oxygen atoms in total. The molecule has 2 N–H and O–H groups in total. The van der Waals surface area contributed by atoms with E-state index in [-0.39, 0.29) is 30.4 Å². The zero-order valence-electron chi connectivity index (χ0n) is 16.0. The molecular weight excluding hydrogens is 322 g/mol. The number of aliphatic carboxylic acids is 1. The molecule has 0 radical (unpaired) electrons. The van der Waals surface area contributed by atoms with Crippen molar-refractivity contribution in [1.82, 2.24) is 15.1 Å². The highest BCUT2D eigenvalue weighted by atomic mass is 16.4. The molecule has 3 amide bonds. The summed E-state index contributed by atoms with van der Waals surface area (Å²) < 4.78 is 0. The lowest BCUT2D eigenvalue weighted by molar-refractivity contribution is -0.146. The van der Waals surface area contributed by atoms with E-state index < -0.39 is 5.97 Å². The number of carbonyl (C=O) groups excluding carboxylic acids is 2. The Kier molecular flexibility index (Phi) is 8.72. The molecule has 0 aromatic carbocycles. The second-order valence-electron chi connectivity index (χ2n) is 7.41. The predicted octanol–water partition coefficient (Wildman–Crippen LogP) is 2.17. The molecule has 25 heavy (non-hydrogen) atoms. The number of carboxylic acids is 1. The van der Waals surface area contributed by atoms with Gasteiger partial charge in [0.05, 0.1) is 0 Å². The molecule has 2 unspecified atom stereocenters. The highest BCUT2D eigenvalue weighted by molar-refractivity contribution is 5.82. The van der Waals surface area contributed by atoms with E-state index in [0.717, 1.165) is 12.8 Å². The van der Waals surface area contributed by atoms with E-state index >= 15 is 0 Å². The van der Waals surface area contributed by atoms with Gasteiger partial charge in [-0.1, -0.05) is 20.8 Å². The Morgan fingerprint density at radius 1 is 1.28 bits per heavy atom. The molecule has 0 aromatic rings. The quantitative estimate of drug-likeness (QED) is 0.698. The van der Waals surface area contributed by atoms with Crippen LogP contribution in [0.25, 0.3) is 0 Å². The monoisotopic (exact) mass is 355 g/mol. The van der Waals surface area contributed by atoms with Crippen LogP contribution < -0.4 is 5.32 Å². The maximum atomic E-state index is 12.6. The lowest BCUT2D eigenvalue weighted by Gasteiger charge is -2.34. The number of nitrogens with zero attached hydrogens (tertiary/aromatic N) is 2. The summed E-state index contributed by atoms with van der Waals surface area (Å²) in [6.07, 6.45) is 2.77. The minimum absolute atomic E-state index is 0.0739. The van der Waals surface area contributed by atoms with Gasteiger partial charge >= 0.3 is 12.0 Å². The van der Waals surface area contributed by atoms with Crippen LogP contribution in [0.3, 0.4) is 0 Å². The Balaban J connectivity index is 2.60. The van der Waals surface area contributed by atoms with Crippen molar-refractivity contribution < 1.29 is 19.5 Å².